The second-order valence-electron chi connectivity index (χ2n) is 9.90. The van der Waals surface area contributed by atoms with Gasteiger partial charge in [-0.25, -0.2) is 4.39 Å². The first kappa shape index (κ1) is 29.2. The van der Waals surface area contributed by atoms with Crippen LogP contribution in [0.15, 0.2) is 83.3 Å². The molecule has 2 heterocycles. The van der Waals surface area contributed by atoms with E-state index >= 15 is 0 Å². The lowest BCUT2D eigenvalue weighted by Crippen LogP contribution is -2.49. The monoisotopic (exact) mass is 599 g/mol. The van der Waals surface area contributed by atoms with Crippen LogP contribution >= 0.6 is 11.6 Å². The van der Waals surface area contributed by atoms with Crippen LogP contribution in [-0.2, 0) is 23.8 Å². The molecule has 0 saturated heterocycles. The number of hydrogen-bond acceptors (Lipinski definition) is 4. The zero-order valence-corrected chi connectivity index (χ0v) is 22.9. The molecule has 0 radical (unpaired) electrons. The van der Waals surface area contributed by atoms with Crippen molar-refractivity contribution in [3.63, 3.8) is 0 Å². The molecule has 218 valence electrons. The Morgan fingerprint density at radius 1 is 1.00 bits per heavy atom. The highest BCUT2D eigenvalue weighted by Crippen LogP contribution is 2.33. The van der Waals surface area contributed by atoms with E-state index in [2.05, 4.69) is 15.5 Å². The molecule has 1 aliphatic rings. The first-order valence-electron chi connectivity index (χ1n) is 13.2. The minimum atomic E-state index is -4.53. The molecule has 0 bridgehead atoms. The Labute approximate surface area is 244 Å². The zero-order valence-electron chi connectivity index (χ0n) is 22.2. The fourth-order valence-corrected chi connectivity index (χ4v) is 4.99. The highest BCUT2D eigenvalue weighted by atomic mass is 35.5. The van der Waals surface area contributed by atoms with Gasteiger partial charge in [0.05, 0.1) is 5.56 Å². The smallest absolute Gasteiger partial charge is 0.416 e. The van der Waals surface area contributed by atoms with Gasteiger partial charge in [0.2, 0.25) is 5.91 Å². The van der Waals surface area contributed by atoms with E-state index in [0.29, 0.717) is 24.5 Å². The second-order valence-corrected chi connectivity index (χ2v) is 10.3. The van der Waals surface area contributed by atoms with Gasteiger partial charge in [0, 0.05) is 42.3 Å². The fourth-order valence-electron chi connectivity index (χ4n) is 4.87. The van der Waals surface area contributed by atoms with E-state index in [1.807, 2.05) is 0 Å². The number of carbonyl (C=O) groups excluding carboxylic acids is 2. The Balaban J connectivity index is 1.26. The minimum absolute atomic E-state index is 0.0794. The summed E-state index contributed by atoms with van der Waals surface area (Å²) in [5.74, 6) is -1.49. The molecule has 0 aliphatic carbocycles. The summed E-state index contributed by atoms with van der Waals surface area (Å²) < 4.78 is 58.5. The summed E-state index contributed by atoms with van der Waals surface area (Å²) in [4.78, 5) is 28.4. The predicted molar refractivity (Wildman–Crippen MR) is 151 cm³/mol. The topological polar surface area (TPSA) is 74.6 Å². The van der Waals surface area contributed by atoms with E-state index in [-0.39, 0.29) is 35.9 Å². The van der Waals surface area contributed by atoms with E-state index in [4.69, 9.17) is 16.0 Å². The highest BCUT2D eigenvalue weighted by Gasteiger charge is 2.31. The maximum atomic E-state index is 13.5. The summed E-state index contributed by atoms with van der Waals surface area (Å²) >= 11 is 5.99. The van der Waals surface area contributed by atoms with E-state index in [1.54, 1.807) is 30.3 Å². The molecule has 2 amide bonds. The van der Waals surface area contributed by atoms with Crippen LogP contribution in [0.5, 0.6) is 0 Å². The number of rotatable bonds is 9. The molecule has 1 unspecified atom stereocenters. The van der Waals surface area contributed by atoms with E-state index in [1.165, 1.54) is 36.4 Å². The second kappa shape index (κ2) is 12.3. The van der Waals surface area contributed by atoms with Crippen LogP contribution in [-0.4, -0.2) is 37.5 Å². The Bertz CT molecular complexity index is 1590. The van der Waals surface area contributed by atoms with E-state index in [0.717, 1.165) is 28.9 Å². The number of nitrogens with zero attached hydrogens (tertiary/aromatic N) is 1. The molecular weight excluding hydrogens is 574 g/mol. The molecular formula is C31H26ClF4N3O3. The number of fused-ring (bicyclic) bond motifs is 1. The Hall–Kier alpha value is -4.31. The van der Waals surface area contributed by atoms with Crippen molar-refractivity contribution in [3.8, 4) is 11.3 Å². The van der Waals surface area contributed by atoms with Crippen molar-refractivity contribution in [1.82, 2.24) is 10.6 Å². The molecule has 6 nitrogen and oxygen atoms in total. The number of furan rings is 1. The average molecular weight is 600 g/mol. The highest BCUT2D eigenvalue weighted by molar-refractivity contribution is 6.30. The largest absolute Gasteiger partial charge is 0.451 e. The SMILES string of the molecule is O=C(NC(Cc1ccc(Cl)cc1)C(=O)NCCN1CCc2cc(F)ccc21)c1ccc(-c2cccc(C(F)(F)F)c2)o1. The molecule has 0 spiro atoms. The van der Waals surface area contributed by atoms with Crippen LogP contribution in [0, 0.1) is 5.82 Å². The third-order valence-corrected chi connectivity index (χ3v) is 7.25. The van der Waals surface area contributed by atoms with Crippen molar-refractivity contribution < 1.29 is 31.6 Å². The maximum absolute atomic E-state index is 13.5. The Morgan fingerprint density at radius 3 is 2.55 bits per heavy atom. The first-order chi connectivity index (χ1) is 20.1. The molecule has 4 aromatic rings. The lowest BCUT2D eigenvalue weighted by atomic mass is 10.0. The summed E-state index contributed by atoms with van der Waals surface area (Å²) in [6, 6.07) is 17.8. The van der Waals surface area contributed by atoms with Crippen molar-refractivity contribution in [3.05, 3.63) is 112 Å². The van der Waals surface area contributed by atoms with Gasteiger partial charge in [0.25, 0.3) is 5.91 Å². The number of halogens is 5. The first-order valence-corrected chi connectivity index (χ1v) is 13.6. The van der Waals surface area contributed by atoms with Crippen molar-refractivity contribution >= 4 is 29.1 Å². The van der Waals surface area contributed by atoms with Crippen molar-refractivity contribution in [2.75, 3.05) is 24.5 Å². The normalized spacial score (nSPS) is 13.5. The number of hydrogen-bond donors (Lipinski definition) is 2. The van der Waals surface area contributed by atoms with Gasteiger partial charge in [-0.2, -0.15) is 13.2 Å². The van der Waals surface area contributed by atoms with Gasteiger partial charge in [-0.1, -0.05) is 35.9 Å². The van der Waals surface area contributed by atoms with Crippen molar-refractivity contribution in [2.45, 2.75) is 25.1 Å². The third kappa shape index (κ3) is 6.94. The Morgan fingerprint density at radius 2 is 1.79 bits per heavy atom. The fraction of sp³-hybridized carbons (Fsp3) is 0.226. The van der Waals surface area contributed by atoms with Gasteiger partial charge in [0.1, 0.15) is 17.6 Å². The molecule has 2 N–H and O–H groups in total. The molecule has 3 aromatic carbocycles. The molecule has 1 aromatic heterocycles. The number of carbonyl (C=O) groups is 2. The van der Waals surface area contributed by atoms with Crippen LogP contribution < -0.4 is 15.5 Å². The molecule has 11 heteroatoms. The van der Waals surface area contributed by atoms with Crippen LogP contribution in [0.2, 0.25) is 5.02 Å². The molecule has 1 atom stereocenters. The van der Waals surface area contributed by atoms with Crippen LogP contribution in [0.3, 0.4) is 0 Å². The van der Waals surface area contributed by atoms with E-state index < -0.39 is 29.6 Å². The predicted octanol–water partition coefficient (Wildman–Crippen LogP) is 6.28. The number of alkyl halides is 3. The molecule has 0 fully saturated rings. The van der Waals surface area contributed by atoms with Crippen LogP contribution in [0.4, 0.5) is 23.2 Å². The molecule has 5 rings (SSSR count). The summed E-state index contributed by atoms with van der Waals surface area (Å²) in [7, 11) is 0. The molecule has 1 aliphatic heterocycles. The van der Waals surface area contributed by atoms with Crippen LogP contribution in [0.25, 0.3) is 11.3 Å². The zero-order chi connectivity index (χ0) is 29.9. The van der Waals surface area contributed by atoms with Gasteiger partial charge < -0.3 is 20.0 Å². The molecule has 0 saturated carbocycles. The van der Waals surface area contributed by atoms with Gasteiger partial charge in [-0.05, 0) is 72.1 Å². The standard InChI is InChI=1S/C31H26ClF4N3O3/c32-23-6-4-19(5-7-23)16-25(29(40)37-13-15-39-14-12-20-18-24(33)8-9-26(20)39)38-30(41)28-11-10-27(42-28)21-2-1-3-22(17-21)31(34,35)36/h1-11,17-18,25H,12-16H2,(H,37,40)(H,38,41). The minimum Gasteiger partial charge on any atom is -0.451 e. The third-order valence-electron chi connectivity index (χ3n) is 6.99. The van der Waals surface area contributed by atoms with Gasteiger partial charge in [-0.3, -0.25) is 9.59 Å². The number of nitrogens with one attached hydrogen (secondary N) is 2. The van der Waals surface area contributed by atoms with Gasteiger partial charge in [0.15, 0.2) is 5.76 Å². The number of anilines is 1. The lowest BCUT2D eigenvalue weighted by molar-refractivity contribution is -0.137. The summed E-state index contributed by atoms with van der Waals surface area (Å²) in [5.41, 5.74) is 1.90. The number of amides is 2. The number of benzene rings is 3. The maximum Gasteiger partial charge on any atom is 0.416 e. The van der Waals surface area contributed by atoms with Gasteiger partial charge >= 0.3 is 6.18 Å². The van der Waals surface area contributed by atoms with E-state index in [9.17, 15) is 27.2 Å². The molecule has 42 heavy (non-hydrogen) atoms. The Kier molecular flexibility index (Phi) is 8.54. The van der Waals surface area contributed by atoms with Crippen LogP contribution in [0.1, 0.15) is 27.2 Å². The summed E-state index contributed by atoms with van der Waals surface area (Å²) in [6.07, 6.45) is -3.66. The average Bonchev–Trinajstić information content (AvgIpc) is 3.61. The van der Waals surface area contributed by atoms with Gasteiger partial charge in [-0.15, -0.1) is 0 Å². The van der Waals surface area contributed by atoms with Crippen molar-refractivity contribution in [2.24, 2.45) is 0 Å². The quantitative estimate of drug-likeness (QED) is 0.222. The lowest BCUT2D eigenvalue weighted by Gasteiger charge is -2.22. The summed E-state index contributed by atoms with van der Waals surface area (Å²) in [5, 5.41) is 6.06. The van der Waals surface area contributed by atoms with Crippen molar-refractivity contribution in [1.29, 1.82) is 0 Å². The summed E-state index contributed by atoms with van der Waals surface area (Å²) in [6.45, 7) is 1.47.